The summed E-state index contributed by atoms with van der Waals surface area (Å²) in [6.45, 7) is 8.33. The van der Waals surface area contributed by atoms with Crippen molar-refractivity contribution < 1.29 is 38.4 Å². The predicted octanol–water partition coefficient (Wildman–Crippen LogP) is 1.51. The van der Waals surface area contributed by atoms with Crippen molar-refractivity contribution in [1.82, 2.24) is 10.6 Å². The molecular weight excluding hydrogens is 420 g/mol. The molecule has 0 aliphatic rings. The molecule has 2 amide bonds. The lowest BCUT2D eigenvalue weighted by molar-refractivity contribution is -0.138. The lowest BCUT2D eigenvalue weighted by Crippen LogP contribution is -2.47. The molecular formula is C22H42N2O8. The molecule has 32 heavy (non-hydrogen) atoms. The Balaban J connectivity index is 3.86. The van der Waals surface area contributed by atoms with Gasteiger partial charge in [-0.3, -0.25) is 14.4 Å². The molecule has 0 aromatic carbocycles. The van der Waals surface area contributed by atoms with Gasteiger partial charge in [-0.1, -0.05) is 26.7 Å². The third-order valence-corrected chi connectivity index (χ3v) is 4.32. The minimum absolute atomic E-state index is 0.0438. The van der Waals surface area contributed by atoms with Gasteiger partial charge in [0.25, 0.3) is 0 Å². The van der Waals surface area contributed by atoms with Crippen molar-refractivity contribution in [3.63, 3.8) is 0 Å². The first kappa shape index (κ1) is 30.2. The molecule has 0 saturated carbocycles. The standard InChI is InChI=1S/C22H42N2O8/c1-3-5-6-10-23-22(28)19(7-8-21(26)27)24-20(25)9-12-30-14-16-32-18-17-31-15-13-29-11-4-2/h19H,3-18H2,1-2H3,(H,23,28)(H,24,25)(H,26,27)/t19-/m0/s1. The van der Waals surface area contributed by atoms with E-state index in [4.69, 9.17) is 24.1 Å². The van der Waals surface area contributed by atoms with Crippen LogP contribution in [0.5, 0.6) is 0 Å². The molecule has 0 unspecified atom stereocenters. The van der Waals surface area contributed by atoms with Crippen LogP contribution >= 0.6 is 0 Å². The van der Waals surface area contributed by atoms with Crippen molar-refractivity contribution in [2.75, 3.05) is 59.4 Å². The van der Waals surface area contributed by atoms with Gasteiger partial charge in [0.05, 0.1) is 46.2 Å². The maximum absolute atomic E-state index is 12.3. The van der Waals surface area contributed by atoms with Crippen molar-refractivity contribution in [2.24, 2.45) is 0 Å². The normalized spacial score (nSPS) is 11.8. The summed E-state index contributed by atoms with van der Waals surface area (Å²) in [4.78, 5) is 35.2. The molecule has 0 saturated heterocycles. The molecule has 10 heteroatoms. The Morgan fingerprint density at radius 3 is 1.84 bits per heavy atom. The van der Waals surface area contributed by atoms with Crippen LogP contribution < -0.4 is 10.6 Å². The van der Waals surface area contributed by atoms with E-state index in [1.165, 1.54) is 0 Å². The average molecular weight is 463 g/mol. The highest BCUT2D eigenvalue weighted by Crippen LogP contribution is 2.00. The van der Waals surface area contributed by atoms with E-state index in [2.05, 4.69) is 24.5 Å². The third-order valence-electron chi connectivity index (χ3n) is 4.32. The van der Waals surface area contributed by atoms with E-state index in [-0.39, 0.29) is 37.7 Å². The highest BCUT2D eigenvalue weighted by molar-refractivity contribution is 5.88. The van der Waals surface area contributed by atoms with Gasteiger partial charge in [-0.15, -0.1) is 0 Å². The number of amides is 2. The van der Waals surface area contributed by atoms with Crippen molar-refractivity contribution in [3.8, 4) is 0 Å². The Morgan fingerprint density at radius 2 is 1.31 bits per heavy atom. The highest BCUT2D eigenvalue weighted by Gasteiger charge is 2.21. The number of carboxylic acids is 1. The second-order valence-corrected chi connectivity index (χ2v) is 7.25. The fraction of sp³-hybridized carbons (Fsp3) is 0.864. The largest absolute Gasteiger partial charge is 0.481 e. The zero-order valence-corrected chi connectivity index (χ0v) is 19.7. The van der Waals surface area contributed by atoms with Crippen molar-refractivity contribution in [1.29, 1.82) is 0 Å². The molecule has 0 aliphatic carbocycles. The molecule has 0 radical (unpaired) electrons. The molecule has 0 rings (SSSR count). The highest BCUT2D eigenvalue weighted by atomic mass is 16.6. The Kier molecular flexibility index (Phi) is 21.2. The minimum Gasteiger partial charge on any atom is -0.481 e. The molecule has 10 nitrogen and oxygen atoms in total. The Hall–Kier alpha value is -1.75. The van der Waals surface area contributed by atoms with E-state index in [9.17, 15) is 14.4 Å². The van der Waals surface area contributed by atoms with Crippen LogP contribution in [0.15, 0.2) is 0 Å². The number of carboxylic acid groups (broad SMARTS) is 1. The Labute approximate surface area is 191 Å². The molecule has 0 fully saturated rings. The van der Waals surface area contributed by atoms with Gasteiger partial charge < -0.3 is 34.7 Å². The van der Waals surface area contributed by atoms with E-state index in [0.717, 1.165) is 32.3 Å². The number of hydrogen-bond acceptors (Lipinski definition) is 7. The minimum atomic E-state index is -1.01. The number of rotatable bonds is 23. The van der Waals surface area contributed by atoms with Crippen LogP contribution in [0.2, 0.25) is 0 Å². The molecule has 0 heterocycles. The number of ether oxygens (including phenoxy) is 4. The summed E-state index contributed by atoms with van der Waals surface area (Å²) < 4.78 is 21.4. The van der Waals surface area contributed by atoms with E-state index in [1.54, 1.807) is 0 Å². The van der Waals surface area contributed by atoms with E-state index >= 15 is 0 Å². The van der Waals surface area contributed by atoms with E-state index in [1.807, 2.05) is 0 Å². The van der Waals surface area contributed by atoms with Crippen molar-refractivity contribution in [2.45, 2.75) is 64.8 Å². The summed E-state index contributed by atoms with van der Waals surface area (Å²) in [5, 5.41) is 14.2. The first-order valence-electron chi connectivity index (χ1n) is 11.6. The predicted molar refractivity (Wildman–Crippen MR) is 120 cm³/mol. The van der Waals surface area contributed by atoms with Gasteiger partial charge in [-0.2, -0.15) is 0 Å². The lowest BCUT2D eigenvalue weighted by Gasteiger charge is -2.18. The van der Waals surface area contributed by atoms with Crippen LogP contribution in [-0.2, 0) is 33.3 Å². The molecule has 0 bridgehead atoms. The summed E-state index contributed by atoms with van der Waals surface area (Å²) in [6.07, 6.45) is 3.78. The van der Waals surface area contributed by atoms with Crippen LogP contribution in [0, 0.1) is 0 Å². The van der Waals surface area contributed by atoms with Gasteiger partial charge in [-0.05, 0) is 19.3 Å². The van der Waals surface area contributed by atoms with Gasteiger partial charge in [-0.25, -0.2) is 0 Å². The van der Waals surface area contributed by atoms with Gasteiger partial charge in [0.2, 0.25) is 11.8 Å². The van der Waals surface area contributed by atoms with E-state index < -0.39 is 12.0 Å². The molecule has 1 atom stereocenters. The van der Waals surface area contributed by atoms with Gasteiger partial charge >= 0.3 is 5.97 Å². The lowest BCUT2D eigenvalue weighted by atomic mass is 10.1. The fourth-order valence-corrected chi connectivity index (χ4v) is 2.58. The Morgan fingerprint density at radius 1 is 0.750 bits per heavy atom. The molecule has 3 N–H and O–H groups in total. The summed E-state index contributed by atoms with van der Waals surface area (Å²) >= 11 is 0. The van der Waals surface area contributed by atoms with Crippen LogP contribution in [0.3, 0.4) is 0 Å². The van der Waals surface area contributed by atoms with Crippen LogP contribution in [0.4, 0.5) is 0 Å². The SMILES string of the molecule is CCCCCNC(=O)[C@H](CCC(=O)O)NC(=O)CCOCCOCCOCCOCCC. The summed E-state index contributed by atoms with van der Waals surface area (Å²) in [7, 11) is 0. The van der Waals surface area contributed by atoms with Gasteiger partial charge in [0.1, 0.15) is 6.04 Å². The topological polar surface area (TPSA) is 132 Å². The van der Waals surface area contributed by atoms with Crippen LogP contribution in [0.25, 0.3) is 0 Å². The van der Waals surface area contributed by atoms with Crippen molar-refractivity contribution in [3.05, 3.63) is 0 Å². The number of aliphatic carboxylic acids is 1. The fourth-order valence-electron chi connectivity index (χ4n) is 2.58. The third kappa shape index (κ3) is 20.2. The number of unbranched alkanes of at least 4 members (excludes halogenated alkanes) is 2. The smallest absolute Gasteiger partial charge is 0.303 e. The number of carbonyl (C=O) groups is 3. The van der Waals surface area contributed by atoms with Crippen LogP contribution in [-0.4, -0.2) is 88.3 Å². The average Bonchev–Trinajstić information content (AvgIpc) is 2.77. The van der Waals surface area contributed by atoms with Crippen molar-refractivity contribution >= 4 is 17.8 Å². The van der Waals surface area contributed by atoms with E-state index in [0.29, 0.717) is 46.2 Å². The Bertz CT molecular complexity index is 491. The summed E-state index contributed by atoms with van der Waals surface area (Å²) in [5.74, 6) is -1.73. The number of nitrogens with one attached hydrogen (secondary N) is 2. The quantitative estimate of drug-likeness (QED) is 0.195. The maximum atomic E-state index is 12.3. The first-order chi connectivity index (χ1) is 15.5. The summed E-state index contributed by atoms with van der Waals surface area (Å²) in [6, 6.07) is -0.865. The number of hydrogen-bond donors (Lipinski definition) is 3. The molecule has 0 aliphatic heterocycles. The number of carbonyl (C=O) groups excluding carboxylic acids is 2. The molecule has 0 spiro atoms. The molecule has 188 valence electrons. The zero-order valence-electron chi connectivity index (χ0n) is 19.7. The second-order valence-electron chi connectivity index (χ2n) is 7.25. The zero-order chi connectivity index (χ0) is 23.9. The van der Waals surface area contributed by atoms with Gasteiger partial charge in [0, 0.05) is 26.0 Å². The monoisotopic (exact) mass is 462 g/mol. The second kappa shape index (κ2) is 22.4. The van der Waals surface area contributed by atoms with Gasteiger partial charge in [0.15, 0.2) is 0 Å². The van der Waals surface area contributed by atoms with Crippen LogP contribution in [0.1, 0.15) is 58.8 Å². The molecule has 0 aromatic rings. The first-order valence-corrected chi connectivity index (χ1v) is 11.6. The summed E-state index contributed by atoms with van der Waals surface area (Å²) in [5.41, 5.74) is 0. The molecule has 0 aromatic heterocycles. The maximum Gasteiger partial charge on any atom is 0.303 e.